The summed E-state index contributed by atoms with van der Waals surface area (Å²) in [4.78, 5) is 0. The van der Waals surface area contributed by atoms with E-state index in [1.165, 1.54) is 38.5 Å². The van der Waals surface area contributed by atoms with E-state index in [-0.39, 0.29) is 5.54 Å². The monoisotopic (exact) mass is 245 g/mol. The summed E-state index contributed by atoms with van der Waals surface area (Å²) in [6.45, 7) is 1.74. The molecule has 0 unspecified atom stereocenters. The predicted octanol–water partition coefficient (Wildman–Crippen LogP) is 3.09. The topological polar surface area (TPSA) is 21.3 Å². The maximum Gasteiger partial charge on any atom is 0.0484 e. The first-order valence-electron chi connectivity index (χ1n) is 6.76. The molecule has 16 heavy (non-hydrogen) atoms. The Kier molecular flexibility index (Phi) is 4.93. The van der Waals surface area contributed by atoms with Crippen molar-refractivity contribution in [1.29, 1.82) is 0 Å². The van der Waals surface area contributed by atoms with E-state index in [1.54, 1.807) is 0 Å². The minimum atomic E-state index is 0.162. The fourth-order valence-corrected chi connectivity index (χ4v) is 3.28. The van der Waals surface area contributed by atoms with E-state index in [1.807, 2.05) is 0 Å². The van der Waals surface area contributed by atoms with Gasteiger partial charge in [0.05, 0.1) is 0 Å². The molecular formula is C13H24ClNO. The van der Waals surface area contributed by atoms with Gasteiger partial charge in [-0.15, -0.1) is 11.6 Å². The normalized spacial score (nSPS) is 27.6. The molecule has 0 spiro atoms. The van der Waals surface area contributed by atoms with Gasteiger partial charge < -0.3 is 10.1 Å². The molecular weight excluding hydrogens is 222 g/mol. The predicted molar refractivity (Wildman–Crippen MR) is 68.1 cm³/mol. The minimum Gasteiger partial charge on any atom is -0.381 e. The Hall–Kier alpha value is 0.210. The molecule has 1 aliphatic carbocycles. The van der Waals surface area contributed by atoms with Crippen LogP contribution in [0, 0.1) is 0 Å². The Morgan fingerprint density at radius 2 is 1.69 bits per heavy atom. The Morgan fingerprint density at radius 1 is 1.06 bits per heavy atom. The molecule has 94 valence electrons. The lowest BCUT2D eigenvalue weighted by Crippen LogP contribution is -2.54. The second-order valence-corrected chi connectivity index (χ2v) is 5.63. The van der Waals surface area contributed by atoms with E-state index in [9.17, 15) is 0 Å². The van der Waals surface area contributed by atoms with Crippen LogP contribution in [0.5, 0.6) is 0 Å². The molecule has 0 bridgehead atoms. The molecule has 0 aromatic heterocycles. The molecule has 1 heterocycles. The molecule has 0 aromatic carbocycles. The van der Waals surface area contributed by atoms with Gasteiger partial charge in [0.1, 0.15) is 0 Å². The number of hydrogen-bond donors (Lipinski definition) is 1. The summed E-state index contributed by atoms with van der Waals surface area (Å²) in [6, 6.07) is 0.694. The Labute approximate surface area is 104 Å². The minimum absolute atomic E-state index is 0.162. The van der Waals surface area contributed by atoms with Crippen LogP contribution in [0.15, 0.2) is 0 Å². The third kappa shape index (κ3) is 3.35. The molecule has 1 aliphatic heterocycles. The number of halogens is 1. The van der Waals surface area contributed by atoms with Crippen molar-refractivity contribution in [2.45, 2.75) is 62.9 Å². The molecule has 2 fully saturated rings. The third-order valence-electron chi connectivity index (χ3n) is 4.07. The first kappa shape index (κ1) is 12.7. The number of nitrogens with one attached hydrogen (secondary N) is 1. The molecule has 1 saturated carbocycles. The lowest BCUT2D eigenvalue weighted by molar-refractivity contribution is 0.0410. The highest BCUT2D eigenvalue weighted by Gasteiger charge is 2.33. The quantitative estimate of drug-likeness (QED) is 0.610. The van der Waals surface area contributed by atoms with Gasteiger partial charge in [0, 0.05) is 30.7 Å². The molecule has 2 nitrogen and oxygen atoms in total. The highest BCUT2D eigenvalue weighted by atomic mass is 35.5. The second kappa shape index (κ2) is 6.23. The fourth-order valence-electron chi connectivity index (χ4n) is 2.94. The van der Waals surface area contributed by atoms with Crippen LogP contribution in [0.25, 0.3) is 0 Å². The van der Waals surface area contributed by atoms with E-state index in [0.29, 0.717) is 6.04 Å². The Balaban J connectivity index is 1.88. The van der Waals surface area contributed by atoms with E-state index < -0.39 is 0 Å². The van der Waals surface area contributed by atoms with Crippen molar-refractivity contribution in [1.82, 2.24) is 5.32 Å². The van der Waals surface area contributed by atoms with Gasteiger partial charge in [-0.2, -0.15) is 0 Å². The van der Waals surface area contributed by atoms with Crippen molar-refractivity contribution < 1.29 is 4.74 Å². The van der Waals surface area contributed by atoms with E-state index in [2.05, 4.69) is 5.32 Å². The van der Waals surface area contributed by atoms with Crippen LogP contribution in [-0.4, -0.2) is 30.7 Å². The average Bonchev–Trinajstić information content (AvgIpc) is 2.59. The summed E-state index contributed by atoms with van der Waals surface area (Å²) in [6.07, 6.45) is 10.4. The fraction of sp³-hybridized carbons (Fsp3) is 1.00. The highest BCUT2D eigenvalue weighted by Crippen LogP contribution is 2.26. The standard InChI is InChI=1S/C13H24ClNO/c14-11-13(7-9-16-10-8-13)15-12-5-3-1-2-4-6-12/h12,15H,1-11H2. The summed E-state index contributed by atoms with van der Waals surface area (Å²) in [5.41, 5.74) is 0.162. The zero-order chi connectivity index (χ0) is 11.3. The van der Waals surface area contributed by atoms with Gasteiger partial charge in [0.15, 0.2) is 0 Å². The van der Waals surface area contributed by atoms with Crippen molar-refractivity contribution in [3.8, 4) is 0 Å². The van der Waals surface area contributed by atoms with Crippen LogP contribution in [0.3, 0.4) is 0 Å². The summed E-state index contributed by atoms with van der Waals surface area (Å²) in [7, 11) is 0. The van der Waals surface area contributed by atoms with Crippen molar-refractivity contribution >= 4 is 11.6 Å². The second-order valence-electron chi connectivity index (χ2n) is 5.36. The number of hydrogen-bond acceptors (Lipinski definition) is 2. The maximum atomic E-state index is 6.18. The van der Waals surface area contributed by atoms with Crippen LogP contribution < -0.4 is 5.32 Å². The number of rotatable bonds is 3. The molecule has 2 rings (SSSR count). The molecule has 1 N–H and O–H groups in total. The number of ether oxygens (including phenoxy) is 1. The summed E-state index contributed by atoms with van der Waals surface area (Å²) in [5, 5.41) is 3.85. The van der Waals surface area contributed by atoms with Crippen molar-refractivity contribution in [2.75, 3.05) is 19.1 Å². The molecule has 0 aromatic rings. The van der Waals surface area contributed by atoms with Crippen LogP contribution in [-0.2, 0) is 4.74 Å². The largest absolute Gasteiger partial charge is 0.381 e. The van der Waals surface area contributed by atoms with Gasteiger partial charge in [-0.1, -0.05) is 25.7 Å². The van der Waals surface area contributed by atoms with Crippen LogP contribution in [0.2, 0.25) is 0 Å². The molecule has 0 atom stereocenters. The molecule has 1 saturated heterocycles. The SMILES string of the molecule is ClCC1(NC2CCCCCC2)CCOCC1. The van der Waals surface area contributed by atoms with Crippen LogP contribution in [0.1, 0.15) is 51.4 Å². The zero-order valence-corrected chi connectivity index (χ0v) is 10.9. The number of alkyl halides is 1. The van der Waals surface area contributed by atoms with Gasteiger partial charge in [0.2, 0.25) is 0 Å². The molecule has 0 radical (unpaired) electrons. The molecule has 0 amide bonds. The lowest BCUT2D eigenvalue weighted by atomic mass is 9.90. The van der Waals surface area contributed by atoms with Crippen LogP contribution in [0.4, 0.5) is 0 Å². The average molecular weight is 246 g/mol. The molecule has 2 aliphatic rings. The van der Waals surface area contributed by atoms with E-state index >= 15 is 0 Å². The van der Waals surface area contributed by atoms with Crippen LogP contribution >= 0.6 is 11.6 Å². The van der Waals surface area contributed by atoms with Gasteiger partial charge in [-0.3, -0.25) is 0 Å². The van der Waals surface area contributed by atoms with Gasteiger partial charge in [-0.25, -0.2) is 0 Å². The summed E-state index contributed by atoms with van der Waals surface area (Å²) < 4.78 is 5.44. The molecule has 3 heteroatoms. The summed E-state index contributed by atoms with van der Waals surface area (Å²) >= 11 is 6.18. The first-order chi connectivity index (χ1) is 7.85. The Bertz CT molecular complexity index is 196. The third-order valence-corrected chi connectivity index (χ3v) is 4.58. The van der Waals surface area contributed by atoms with Crippen molar-refractivity contribution in [2.24, 2.45) is 0 Å². The van der Waals surface area contributed by atoms with E-state index in [0.717, 1.165) is 31.9 Å². The van der Waals surface area contributed by atoms with Crippen molar-refractivity contribution in [3.05, 3.63) is 0 Å². The van der Waals surface area contributed by atoms with Gasteiger partial charge in [-0.05, 0) is 25.7 Å². The zero-order valence-electron chi connectivity index (χ0n) is 10.1. The highest BCUT2D eigenvalue weighted by molar-refractivity contribution is 6.18. The lowest BCUT2D eigenvalue weighted by Gasteiger charge is -2.39. The van der Waals surface area contributed by atoms with Gasteiger partial charge in [0.25, 0.3) is 0 Å². The maximum absolute atomic E-state index is 6.18. The Morgan fingerprint density at radius 3 is 2.25 bits per heavy atom. The first-order valence-corrected chi connectivity index (χ1v) is 7.29. The van der Waals surface area contributed by atoms with E-state index in [4.69, 9.17) is 16.3 Å². The summed E-state index contributed by atoms with van der Waals surface area (Å²) in [5.74, 6) is 0.729. The smallest absolute Gasteiger partial charge is 0.0484 e. The van der Waals surface area contributed by atoms with Gasteiger partial charge >= 0.3 is 0 Å². The van der Waals surface area contributed by atoms with Crippen molar-refractivity contribution in [3.63, 3.8) is 0 Å².